The van der Waals surface area contributed by atoms with E-state index in [0.29, 0.717) is 41.8 Å². The predicted octanol–water partition coefficient (Wildman–Crippen LogP) is 4.37. The Labute approximate surface area is 233 Å². The van der Waals surface area contributed by atoms with E-state index in [1.165, 1.54) is 0 Å². The molecular weight excluding hydrogens is 512 g/mol. The van der Waals surface area contributed by atoms with Crippen molar-refractivity contribution < 1.29 is 9.90 Å². The molecule has 0 aromatic carbocycles. The summed E-state index contributed by atoms with van der Waals surface area (Å²) in [6.45, 7) is 8.15. The number of hydrogen-bond acceptors (Lipinski definition) is 10. The molecule has 206 valence electrons. The van der Waals surface area contributed by atoms with Crippen molar-refractivity contribution in [2.75, 3.05) is 17.7 Å². The van der Waals surface area contributed by atoms with Gasteiger partial charge in [0.15, 0.2) is 23.8 Å². The Morgan fingerprint density at radius 2 is 2.05 bits per heavy atom. The number of carbonyl (C=O) groups excluding carboxylic acids is 1. The number of aromatic nitrogens is 5. The summed E-state index contributed by atoms with van der Waals surface area (Å²) in [4.78, 5) is 42.9. The van der Waals surface area contributed by atoms with Gasteiger partial charge in [0, 0.05) is 30.1 Å². The SMILES string of the molecule is CCSc1ccc(CN/C(C=O)=N/c2c(CO)nc(-c3c(C)ncnc3C3CC3)nc2N(C)[C@H](C)CC)nc1. The molecule has 11 heteroatoms. The summed E-state index contributed by atoms with van der Waals surface area (Å²) in [6.07, 6.45) is 7.07. The normalized spacial score (nSPS) is 14.3. The zero-order valence-electron chi connectivity index (χ0n) is 23.2. The number of thioether (sulfide) groups is 1. The molecule has 0 aliphatic heterocycles. The van der Waals surface area contributed by atoms with E-state index in [4.69, 9.17) is 9.97 Å². The highest BCUT2D eigenvalue weighted by atomic mass is 32.2. The molecular formula is C28H36N8O2S. The van der Waals surface area contributed by atoms with Gasteiger partial charge in [-0.15, -0.1) is 11.8 Å². The molecule has 3 heterocycles. The number of nitrogens with zero attached hydrogens (tertiary/aromatic N) is 7. The van der Waals surface area contributed by atoms with Crippen LogP contribution in [0.25, 0.3) is 11.4 Å². The lowest BCUT2D eigenvalue weighted by Crippen LogP contribution is -2.30. The minimum absolute atomic E-state index is 0.103. The average Bonchev–Trinajstić information content (AvgIpc) is 3.80. The van der Waals surface area contributed by atoms with Gasteiger partial charge >= 0.3 is 0 Å². The highest BCUT2D eigenvalue weighted by Crippen LogP contribution is 2.44. The number of anilines is 1. The molecule has 1 saturated carbocycles. The number of hydrogen-bond donors (Lipinski definition) is 2. The molecule has 0 saturated heterocycles. The third kappa shape index (κ3) is 6.77. The van der Waals surface area contributed by atoms with Crippen molar-refractivity contribution in [3.8, 4) is 11.4 Å². The molecule has 0 spiro atoms. The number of aryl methyl sites for hydroxylation is 1. The number of pyridine rings is 1. The summed E-state index contributed by atoms with van der Waals surface area (Å²) in [7, 11) is 1.93. The van der Waals surface area contributed by atoms with Crippen LogP contribution in [0.5, 0.6) is 0 Å². The lowest BCUT2D eigenvalue weighted by molar-refractivity contribution is -0.102. The minimum Gasteiger partial charge on any atom is -0.390 e. The van der Waals surface area contributed by atoms with Crippen LogP contribution in [0.3, 0.4) is 0 Å². The largest absolute Gasteiger partial charge is 0.390 e. The van der Waals surface area contributed by atoms with Crippen LogP contribution in [-0.4, -0.2) is 61.0 Å². The Morgan fingerprint density at radius 1 is 1.26 bits per heavy atom. The minimum atomic E-state index is -0.370. The maximum Gasteiger partial charge on any atom is 0.185 e. The van der Waals surface area contributed by atoms with Crippen LogP contribution >= 0.6 is 11.8 Å². The molecule has 0 radical (unpaired) electrons. The van der Waals surface area contributed by atoms with Crippen molar-refractivity contribution in [2.24, 2.45) is 4.99 Å². The van der Waals surface area contributed by atoms with Gasteiger partial charge < -0.3 is 15.3 Å². The molecule has 3 aromatic heterocycles. The summed E-state index contributed by atoms with van der Waals surface area (Å²) in [5, 5.41) is 13.5. The molecule has 1 fully saturated rings. The first-order valence-corrected chi connectivity index (χ1v) is 14.3. The smallest absolute Gasteiger partial charge is 0.185 e. The number of aliphatic imine (C=N–C) groups is 1. The van der Waals surface area contributed by atoms with Crippen molar-refractivity contribution in [1.82, 2.24) is 30.2 Å². The van der Waals surface area contributed by atoms with Crippen LogP contribution in [-0.2, 0) is 17.9 Å². The number of aldehydes is 1. The average molecular weight is 549 g/mol. The number of nitrogens with one attached hydrogen (secondary N) is 1. The van der Waals surface area contributed by atoms with Gasteiger partial charge in [0.2, 0.25) is 0 Å². The van der Waals surface area contributed by atoms with Crippen molar-refractivity contribution in [3.63, 3.8) is 0 Å². The van der Waals surface area contributed by atoms with Crippen molar-refractivity contribution >= 4 is 35.4 Å². The topological polar surface area (TPSA) is 129 Å². The van der Waals surface area contributed by atoms with Crippen LogP contribution in [0.2, 0.25) is 0 Å². The van der Waals surface area contributed by atoms with Crippen LogP contribution < -0.4 is 10.2 Å². The zero-order chi connectivity index (χ0) is 27.9. The standard InChI is InChI=1S/C28H36N8O2S/c1-6-17(3)36(5)28-26(34-23(15-38)30-12-20-10-11-21(13-29-20)39-7-2)22(14-37)33-27(35-28)24-18(4)31-16-32-25(24)19-8-9-19/h10-11,13,15-17,19,37H,6-9,12,14H2,1-5H3,(H,30,34)/t17-/m1/s1. The van der Waals surface area contributed by atoms with Gasteiger partial charge in [0.25, 0.3) is 0 Å². The lowest BCUT2D eigenvalue weighted by Gasteiger charge is -2.27. The van der Waals surface area contributed by atoms with E-state index in [1.807, 2.05) is 37.2 Å². The number of aliphatic hydroxyl groups excluding tert-OH is 1. The van der Waals surface area contributed by atoms with E-state index in [-0.39, 0.29) is 18.5 Å². The fourth-order valence-electron chi connectivity index (χ4n) is 4.16. The second-order valence-corrected chi connectivity index (χ2v) is 10.9. The summed E-state index contributed by atoms with van der Waals surface area (Å²) < 4.78 is 0. The fourth-order valence-corrected chi connectivity index (χ4v) is 4.79. The van der Waals surface area contributed by atoms with Crippen LogP contribution in [0.15, 0.2) is 34.5 Å². The van der Waals surface area contributed by atoms with Crippen LogP contribution in [0.1, 0.15) is 68.7 Å². The molecule has 1 atom stereocenters. The summed E-state index contributed by atoms with van der Waals surface area (Å²) >= 11 is 1.72. The number of aliphatic hydroxyl groups is 1. The Kier molecular flexibility index (Phi) is 9.58. The van der Waals surface area contributed by atoms with Crippen molar-refractivity contribution in [2.45, 2.75) is 77.0 Å². The number of rotatable bonds is 12. The van der Waals surface area contributed by atoms with Gasteiger partial charge in [-0.25, -0.2) is 24.9 Å². The van der Waals surface area contributed by atoms with E-state index < -0.39 is 0 Å². The molecule has 4 rings (SSSR count). The van der Waals surface area contributed by atoms with Gasteiger partial charge in [-0.3, -0.25) is 9.78 Å². The Morgan fingerprint density at radius 3 is 2.67 bits per heavy atom. The van der Waals surface area contributed by atoms with E-state index in [1.54, 1.807) is 18.1 Å². The molecule has 39 heavy (non-hydrogen) atoms. The van der Waals surface area contributed by atoms with Crippen LogP contribution in [0.4, 0.5) is 11.5 Å². The molecule has 10 nitrogen and oxygen atoms in total. The van der Waals surface area contributed by atoms with E-state index in [0.717, 1.165) is 52.6 Å². The second kappa shape index (κ2) is 13.1. The third-order valence-corrected chi connectivity index (χ3v) is 7.69. The van der Waals surface area contributed by atoms with Gasteiger partial charge in [0.1, 0.15) is 12.0 Å². The Balaban J connectivity index is 1.75. The molecule has 0 unspecified atom stereocenters. The number of amidine groups is 1. The first-order valence-electron chi connectivity index (χ1n) is 13.3. The lowest BCUT2D eigenvalue weighted by atomic mass is 10.1. The first kappa shape index (κ1) is 28.6. The maximum absolute atomic E-state index is 12.0. The molecule has 0 bridgehead atoms. The van der Waals surface area contributed by atoms with Gasteiger partial charge in [-0.2, -0.15) is 0 Å². The maximum atomic E-state index is 12.0. The molecule has 0 amide bonds. The molecule has 3 aromatic rings. The van der Waals surface area contributed by atoms with Gasteiger partial charge in [-0.1, -0.05) is 13.8 Å². The zero-order valence-corrected chi connectivity index (χ0v) is 24.0. The van der Waals surface area contributed by atoms with Crippen molar-refractivity contribution in [3.05, 3.63) is 47.4 Å². The number of carbonyl (C=O) groups is 1. The molecule has 1 aliphatic carbocycles. The van der Waals surface area contributed by atoms with Crippen LogP contribution in [0, 0.1) is 6.92 Å². The first-order chi connectivity index (χ1) is 18.9. The second-order valence-electron chi connectivity index (χ2n) is 9.57. The van der Waals surface area contributed by atoms with Gasteiger partial charge in [-0.05, 0) is 51.0 Å². The summed E-state index contributed by atoms with van der Waals surface area (Å²) in [5.74, 6) is 2.43. The Hall–Kier alpha value is -3.44. The summed E-state index contributed by atoms with van der Waals surface area (Å²) in [5.41, 5.74) is 3.98. The van der Waals surface area contributed by atoms with E-state index in [2.05, 4.69) is 46.0 Å². The predicted molar refractivity (Wildman–Crippen MR) is 154 cm³/mol. The summed E-state index contributed by atoms with van der Waals surface area (Å²) in [6, 6.07) is 4.06. The highest BCUT2D eigenvalue weighted by Gasteiger charge is 2.31. The highest BCUT2D eigenvalue weighted by molar-refractivity contribution is 7.99. The molecule has 2 N–H and O–H groups in total. The van der Waals surface area contributed by atoms with Gasteiger partial charge in [0.05, 0.1) is 41.5 Å². The molecule has 1 aliphatic rings. The van der Waals surface area contributed by atoms with Crippen molar-refractivity contribution in [1.29, 1.82) is 0 Å². The fraction of sp³-hybridized carbons (Fsp3) is 0.464. The van der Waals surface area contributed by atoms with E-state index >= 15 is 0 Å². The quantitative estimate of drug-likeness (QED) is 0.146. The Bertz CT molecular complexity index is 1330. The monoisotopic (exact) mass is 548 g/mol. The third-order valence-electron chi connectivity index (χ3n) is 6.83. The van der Waals surface area contributed by atoms with E-state index in [9.17, 15) is 9.90 Å².